The van der Waals surface area contributed by atoms with E-state index >= 15 is 0 Å². The Morgan fingerprint density at radius 2 is 2.11 bits per heavy atom. The van der Waals surface area contributed by atoms with Crippen LogP contribution in [0.4, 0.5) is 0 Å². The van der Waals surface area contributed by atoms with E-state index in [-0.39, 0.29) is 0 Å². The van der Waals surface area contributed by atoms with Crippen molar-refractivity contribution in [3.8, 4) is 0 Å². The molecule has 3 heteroatoms. The zero-order valence-corrected chi connectivity index (χ0v) is 11.1. The topological polar surface area (TPSA) is 37.8 Å². The lowest BCUT2D eigenvalue weighted by Gasteiger charge is -2.29. The highest BCUT2D eigenvalue weighted by Crippen LogP contribution is 2.38. The van der Waals surface area contributed by atoms with E-state index in [1.807, 2.05) is 0 Å². The van der Waals surface area contributed by atoms with E-state index in [0.717, 1.165) is 31.8 Å². The minimum Gasteiger partial charge on any atom is -0.307 e. The second kappa shape index (κ2) is 4.14. The van der Waals surface area contributed by atoms with Crippen LogP contribution in [0.3, 0.4) is 0 Å². The molecule has 0 amide bonds. The standard InChI is InChI=1S/C16H17N3/c1-2-14-13-8-17-9-15(13)19-16(18-14)12-7-10-5-3-4-6-11(10)12/h3-6,12,17H,2,7-9H2,1H3. The number of aromatic nitrogens is 2. The number of hydrogen-bond donors (Lipinski definition) is 1. The molecule has 1 aliphatic carbocycles. The highest BCUT2D eigenvalue weighted by molar-refractivity contribution is 5.45. The Balaban J connectivity index is 1.78. The molecule has 1 atom stereocenters. The number of fused-ring (bicyclic) bond motifs is 2. The summed E-state index contributed by atoms with van der Waals surface area (Å²) in [6.07, 6.45) is 2.08. The fourth-order valence-corrected chi connectivity index (χ4v) is 3.20. The van der Waals surface area contributed by atoms with E-state index in [9.17, 15) is 0 Å². The quantitative estimate of drug-likeness (QED) is 0.890. The molecule has 2 aromatic rings. The van der Waals surface area contributed by atoms with Crippen LogP contribution in [0.15, 0.2) is 24.3 Å². The third-order valence-electron chi connectivity index (χ3n) is 4.29. The van der Waals surface area contributed by atoms with Crippen molar-refractivity contribution in [2.75, 3.05) is 0 Å². The Bertz CT molecular complexity index is 648. The third kappa shape index (κ3) is 1.61. The Kier molecular flexibility index (Phi) is 2.42. The zero-order chi connectivity index (χ0) is 12.8. The maximum atomic E-state index is 4.83. The molecule has 1 aromatic carbocycles. The van der Waals surface area contributed by atoms with Gasteiger partial charge in [0.25, 0.3) is 0 Å². The maximum absolute atomic E-state index is 4.83. The number of nitrogens with one attached hydrogen (secondary N) is 1. The predicted octanol–water partition coefficient (Wildman–Crippen LogP) is 2.33. The van der Waals surface area contributed by atoms with E-state index < -0.39 is 0 Å². The van der Waals surface area contributed by atoms with Gasteiger partial charge in [-0.1, -0.05) is 31.2 Å². The van der Waals surface area contributed by atoms with Crippen molar-refractivity contribution in [2.24, 2.45) is 0 Å². The average molecular weight is 251 g/mol. The lowest BCUT2D eigenvalue weighted by atomic mass is 9.77. The molecule has 1 N–H and O–H groups in total. The van der Waals surface area contributed by atoms with Crippen molar-refractivity contribution in [3.05, 3.63) is 58.2 Å². The largest absolute Gasteiger partial charge is 0.307 e. The van der Waals surface area contributed by atoms with E-state index in [2.05, 4.69) is 36.5 Å². The lowest BCUT2D eigenvalue weighted by molar-refractivity contribution is 0.647. The molecule has 0 saturated carbocycles. The molecule has 4 rings (SSSR count). The Hall–Kier alpha value is -1.74. The van der Waals surface area contributed by atoms with Gasteiger partial charge in [-0.3, -0.25) is 0 Å². The van der Waals surface area contributed by atoms with Gasteiger partial charge < -0.3 is 5.32 Å². The van der Waals surface area contributed by atoms with Crippen LogP contribution in [-0.4, -0.2) is 9.97 Å². The molecule has 0 fully saturated rings. The molecular formula is C16H17N3. The van der Waals surface area contributed by atoms with Crippen molar-refractivity contribution in [1.29, 1.82) is 0 Å². The highest BCUT2D eigenvalue weighted by atomic mass is 15.0. The van der Waals surface area contributed by atoms with Gasteiger partial charge in [0, 0.05) is 30.3 Å². The summed E-state index contributed by atoms with van der Waals surface area (Å²) < 4.78 is 0. The first-order valence-electron chi connectivity index (χ1n) is 7.04. The molecular weight excluding hydrogens is 234 g/mol. The minimum atomic E-state index is 0.410. The summed E-state index contributed by atoms with van der Waals surface area (Å²) in [5.41, 5.74) is 6.64. The van der Waals surface area contributed by atoms with E-state index in [0.29, 0.717) is 5.92 Å². The Morgan fingerprint density at radius 3 is 2.95 bits per heavy atom. The third-order valence-corrected chi connectivity index (χ3v) is 4.29. The number of rotatable bonds is 2. The molecule has 0 bridgehead atoms. The van der Waals surface area contributed by atoms with Gasteiger partial charge in [0.05, 0.1) is 5.69 Å². The molecule has 96 valence electrons. The van der Waals surface area contributed by atoms with Crippen LogP contribution in [0.1, 0.15) is 46.7 Å². The first kappa shape index (κ1) is 11.1. The van der Waals surface area contributed by atoms with Crippen molar-refractivity contribution in [3.63, 3.8) is 0 Å². The summed E-state index contributed by atoms with van der Waals surface area (Å²) in [7, 11) is 0. The van der Waals surface area contributed by atoms with Gasteiger partial charge in [0.2, 0.25) is 0 Å². The van der Waals surface area contributed by atoms with Crippen molar-refractivity contribution in [1.82, 2.24) is 15.3 Å². The molecule has 2 aliphatic rings. The van der Waals surface area contributed by atoms with Gasteiger partial charge in [-0.2, -0.15) is 0 Å². The monoisotopic (exact) mass is 251 g/mol. The van der Waals surface area contributed by atoms with E-state index in [1.165, 1.54) is 28.1 Å². The fraction of sp³-hybridized carbons (Fsp3) is 0.375. The van der Waals surface area contributed by atoms with Crippen LogP contribution in [0.5, 0.6) is 0 Å². The van der Waals surface area contributed by atoms with Crippen LogP contribution in [0.25, 0.3) is 0 Å². The summed E-state index contributed by atoms with van der Waals surface area (Å²) in [5, 5.41) is 3.38. The predicted molar refractivity (Wildman–Crippen MR) is 73.9 cm³/mol. The van der Waals surface area contributed by atoms with Crippen LogP contribution in [-0.2, 0) is 25.9 Å². The summed E-state index contributed by atoms with van der Waals surface area (Å²) in [4.78, 5) is 9.64. The van der Waals surface area contributed by atoms with Gasteiger partial charge in [0.15, 0.2) is 0 Å². The first-order chi connectivity index (χ1) is 9.36. The van der Waals surface area contributed by atoms with Crippen LogP contribution in [0, 0.1) is 0 Å². The molecule has 2 heterocycles. The summed E-state index contributed by atoms with van der Waals surface area (Å²) in [6.45, 7) is 4.01. The van der Waals surface area contributed by atoms with Crippen LogP contribution < -0.4 is 5.32 Å². The summed E-state index contributed by atoms with van der Waals surface area (Å²) in [6, 6.07) is 8.64. The number of nitrogens with zero attached hydrogens (tertiary/aromatic N) is 2. The van der Waals surface area contributed by atoms with Gasteiger partial charge in [-0.15, -0.1) is 0 Å². The van der Waals surface area contributed by atoms with Gasteiger partial charge in [-0.05, 0) is 24.0 Å². The van der Waals surface area contributed by atoms with Crippen LogP contribution >= 0.6 is 0 Å². The number of aryl methyl sites for hydroxylation is 1. The molecule has 1 aliphatic heterocycles. The second-order valence-corrected chi connectivity index (χ2v) is 5.37. The maximum Gasteiger partial charge on any atom is 0.136 e. The molecule has 1 aromatic heterocycles. The molecule has 19 heavy (non-hydrogen) atoms. The van der Waals surface area contributed by atoms with E-state index in [4.69, 9.17) is 9.97 Å². The van der Waals surface area contributed by atoms with Gasteiger partial charge >= 0.3 is 0 Å². The Labute approximate surface area is 113 Å². The van der Waals surface area contributed by atoms with Crippen molar-refractivity contribution in [2.45, 2.75) is 38.8 Å². The zero-order valence-electron chi connectivity index (χ0n) is 11.1. The fourth-order valence-electron chi connectivity index (χ4n) is 3.20. The van der Waals surface area contributed by atoms with Gasteiger partial charge in [-0.25, -0.2) is 9.97 Å². The minimum absolute atomic E-state index is 0.410. The van der Waals surface area contributed by atoms with E-state index in [1.54, 1.807) is 0 Å². The van der Waals surface area contributed by atoms with Crippen molar-refractivity contribution < 1.29 is 0 Å². The number of hydrogen-bond acceptors (Lipinski definition) is 3. The SMILES string of the molecule is CCc1nc(C2Cc3ccccc32)nc2c1CNC2. The lowest BCUT2D eigenvalue weighted by Crippen LogP contribution is -2.21. The van der Waals surface area contributed by atoms with Gasteiger partial charge in [0.1, 0.15) is 5.82 Å². The highest BCUT2D eigenvalue weighted by Gasteiger charge is 2.31. The normalized spacial score (nSPS) is 19.7. The van der Waals surface area contributed by atoms with Crippen molar-refractivity contribution >= 4 is 0 Å². The molecule has 3 nitrogen and oxygen atoms in total. The average Bonchev–Trinajstić information content (AvgIpc) is 2.87. The second-order valence-electron chi connectivity index (χ2n) is 5.37. The first-order valence-corrected chi connectivity index (χ1v) is 7.04. The summed E-state index contributed by atoms with van der Waals surface area (Å²) >= 11 is 0. The molecule has 0 saturated heterocycles. The molecule has 0 spiro atoms. The molecule has 0 radical (unpaired) electrons. The smallest absolute Gasteiger partial charge is 0.136 e. The van der Waals surface area contributed by atoms with Crippen LogP contribution in [0.2, 0.25) is 0 Å². The summed E-state index contributed by atoms with van der Waals surface area (Å²) in [5.74, 6) is 1.44. The molecule has 1 unspecified atom stereocenters. The number of benzene rings is 1. The Morgan fingerprint density at radius 1 is 1.21 bits per heavy atom.